The van der Waals surface area contributed by atoms with Crippen LogP contribution in [0.4, 0.5) is 11.5 Å². The Morgan fingerprint density at radius 2 is 1.75 bits per heavy atom. The summed E-state index contributed by atoms with van der Waals surface area (Å²) in [5.41, 5.74) is 2.03. The fraction of sp³-hybridized carbons (Fsp3) is 0.320. The molecule has 1 saturated heterocycles. The van der Waals surface area contributed by atoms with Gasteiger partial charge >= 0.3 is 0 Å². The molecule has 0 aliphatic carbocycles. The maximum Gasteiger partial charge on any atom is 0.227 e. The van der Waals surface area contributed by atoms with Gasteiger partial charge in [-0.1, -0.05) is 29.5 Å². The van der Waals surface area contributed by atoms with Gasteiger partial charge in [0.1, 0.15) is 10.8 Å². The fourth-order valence-electron chi connectivity index (χ4n) is 3.72. The number of rotatable bonds is 7. The molecule has 2 aromatic carbocycles. The van der Waals surface area contributed by atoms with E-state index in [4.69, 9.17) is 4.74 Å². The van der Waals surface area contributed by atoms with Gasteiger partial charge in [-0.05, 0) is 63.1 Å². The molecule has 1 aliphatic heterocycles. The first-order valence-corrected chi connectivity index (χ1v) is 11.8. The van der Waals surface area contributed by atoms with Gasteiger partial charge in [0, 0.05) is 42.0 Å². The van der Waals surface area contributed by atoms with Crippen LogP contribution in [0, 0.1) is 12.8 Å². The molecule has 166 valence electrons. The van der Waals surface area contributed by atoms with Crippen LogP contribution in [-0.2, 0) is 4.79 Å². The number of carbonyl (C=O) groups is 1. The molecule has 6 nitrogen and oxygen atoms in total. The van der Waals surface area contributed by atoms with Gasteiger partial charge in [-0.15, -0.1) is 0 Å². The largest absolute Gasteiger partial charge is 0.494 e. The van der Waals surface area contributed by atoms with Gasteiger partial charge < -0.3 is 15.0 Å². The molecule has 2 heterocycles. The predicted octanol–water partition coefficient (Wildman–Crippen LogP) is 5.19. The van der Waals surface area contributed by atoms with Crippen molar-refractivity contribution in [3.05, 3.63) is 66.5 Å². The van der Waals surface area contributed by atoms with Gasteiger partial charge in [0.25, 0.3) is 0 Å². The summed E-state index contributed by atoms with van der Waals surface area (Å²) in [6.45, 7) is 6.22. The van der Waals surface area contributed by atoms with Crippen molar-refractivity contribution >= 4 is 29.2 Å². The first-order valence-electron chi connectivity index (χ1n) is 11.0. The predicted molar refractivity (Wildman–Crippen MR) is 129 cm³/mol. The lowest BCUT2D eigenvalue weighted by molar-refractivity contribution is -0.120. The molecule has 32 heavy (non-hydrogen) atoms. The minimum atomic E-state index is -0.0114. The first kappa shape index (κ1) is 22.1. The van der Waals surface area contributed by atoms with Gasteiger partial charge in [0.15, 0.2) is 5.82 Å². The van der Waals surface area contributed by atoms with E-state index in [0.717, 1.165) is 53.1 Å². The number of nitrogens with one attached hydrogen (secondary N) is 1. The molecule has 1 amide bonds. The van der Waals surface area contributed by atoms with Gasteiger partial charge in [-0.2, -0.15) is 0 Å². The van der Waals surface area contributed by atoms with Crippen LogP contribution in [0.3, 0.4) is 0 Å². The molecule has 0 spiro atoms. The van der Waals surface area contributed by atoms with Crippen LogP contribution in [0.2, 0.25) is 0 Å². The van der Waals surface area contributed by atoms with E-state index in [1.165, 1.54) is 5.56 Å². The Balaban J connectivity index is 1.35. The van der Waals surface area contributed by atoms with E-state index in [1.807, 2.05) is 31.2 Å². The summed E-state index contributed by atoms with van der Waals surface area (Å²) in [7, 11) is 0. The second-order valence-corrected chi connectivity index (χ2v) is 8.87. The molecule has 1 aliphatic rings. The zero-order valence-corrected chi connectivity index (χ0v) is 19.3. The summed E-state index contributed by atoms with van der Waals surface area (Å²) in [4.78, 5) is 25.3. The van der Waals surface area contributed by atoms with Crippen molar-refractivity contribution in [2.75, 3.05) is 29.9 Å². The van der Waals surface area contributed by atoms with Gasteiger partial charge in [0.2, 0.25) is 5.91 Å². The SMILES string of the molecule is CCOc1ccc(NC(=O)C2CCN(c3nccnc3Sc3ccc(C)cc3)CC2)cc1. The van der Waals surface area contributed by atoms with Crippen molar-refractivity contribution < 1.29 is 9.53 Å². The molecular formula is C25H28N4O2S. The maximum absolute atomic E-state index is 12.8. The number of aromatic nitrogens is 2. The molecule has 3 aromatic rings. The molecule has 1 N–H and O–H groups in total. The third kappa shape index (κ3) is 5.59. The lowest BCUT2D eigenvalue weighted by Crippen LogP contribution is -2.38. The highest BCUT2D eigenvalue weighted by Crippen LogP contribution is 2.34. The molecular weight excluding hydrogens is 420 g/mol. The molecule has 0 saturated carbocycles. The minimum Gasteiger partial charge on any atom is -0.494 e. The molecule has 0 unspecified atom stereocenters. The van der Waals surface area contributed by atoms with Crippen LogP contribution in [0.15, 0.2) is 70.8 Å². The normalized spacial score (nSPS) is 14.2. The molecule has 4 rings (SSSR count). The molecule has 0 radical (unpaired) electrons. The summed E-state index contributed by atoms with van der Waals surface area (Å²) in [6, 6.07) is 15.9. The van der Waals surface area contributed by atoms with Crippen LogP contribution >= 0.6 is 11.8 Å². The first-order chi connectivity index (χ1) is 15.6. The number of benzene rings is 2. The number of hydrogen-bond donors (Lipinski definition) is 1. The quantitative estimate of drug-likeness (QED) is 0.537. The van der Waals surface area contributed by atoms with Crippen LogP contribution in [0.1, 0.15) is 25.3 Å². The lowest BCUT2D eigenvalue weighted by Gasteiger charge is -2.32. The molecule has 1 fully saturated rings. The van der Waals surface area contributed by atoms with E-state index >= 15 is 0 Å². The highest BCUT2D eigenvalue weighted by atomic mass is 32.2. The van der Waals surface area contributed by atoms with Crippen molar-refractivity contribution in [2.24, 2.45) is 5.92 Å². The Kier molecular flexibility index (Phi) is 7.27. The minimum absolute atomic E-state index is 0.0114. The topological polar surface area (TPSA) is 67.3 Å². The van der Waals surface area contributed by atoms with Crippen molar-refractivity contribution in [1.29, 1.82) is 0 Å². The van der Waals surface area contributed by atoms with Crippen molar-refractivity contribution in [3.63, 3.8) is 0 Å². The number of aryl methyl sites for hydroxylation is 1. The monoisotopic (exact) mass is 448 g/mol. The van der Waals surface area contributed by atoms with Gasteiger partial charge in [0.05, 0.1) is 6.61 Å². The molecule has 0 bridgehead atoms. The number of piperidine rings is 1. The fourth-order valence-corrected chi connectivity index (χ4v) is 4.61. The number of anilines is 2. The summed E-state index contributed by atoms with van der Waals surface area (Å²) in [5, 5.41) is 3.94. The van der Waals surface area contributed by atoms with E-state index in [2.05, 4.69) is 51.4 Å². The summed E-state index contributed by atoms with van der Waals surface area (Å²) >= 11 is 1.63. The van der Waals surface area contributed by atoms with Crippen LogP contribution < -0.4 is 15.0 Å². The van der Waals surface area contributed by atoms with Crippen molar-refractivity contribution in [3.8, 4) is 5.75 Å². The Labute approximate surface area is 193 Å². The standard InChI is InChI=1S/C25H28N4O2S/c1-3-31-21-8-6-20(7-9-21)28-24(30)19-12-16-29(17-13-19)23-25(27-15-14-26-23)32-22-10-4-18(2)5-11-22/h4-11,14-15,19H,3,12-13,16-17H2,1-2H3,(H,28,30). The number of carbonyl (C=O) groups excluding carboxylic acids is 1. The van der Waals surface area contributed by atoms with Crippen LogP contribution in [-0.4, -0.2) is 35.6 Å². The zero-order chi connectivity index (χ0) is 22.3. The van der Waals surface area contributed by atoms with E-state index in [1.54, 1.807) is 24.2 Å². The Bertz CT molecular complexity index is 1030. The van der Waals surface area contributed by atoms with E-state index in [9.17, 15) is 4.79 Å². The lowest BCUT2D eigenvalue weighted by atomic mass is 9.96. The summed E-state index contributed by atoms with van der Waals surface area (Å²) in [6.07, 6.45) is 5.04. The Morgan fingerprint density at radius 1 is 1.06 bits per heavy atom. The molecule has 0 atom stereocenters. The van der Waals surface area contributed by atoms with Crippen LogP contribution in [0.5, 0.6) is 5.75 Å². The highest BCUT2D eigenvalue weighted by molar-refractivity contribution is 7.99. The van der Waals surface area contributed by atoms with E-state index in [0.29, 0.717) is 6.61 Å². The van der Waals surface area contributed by atoms with E-state index in [-0.39, 0.29) is 11.8 Å². The van der Waals surface area contributed by atoms with Gasteiger partial charge in [-0.25, -0.2) is 9.97 Å². The number of nitrogens with zero attached hydrogens (tertiary/aromatic N) is 3. The summed E-state index contributed by atoms with van der Waals surface area (Å²) < 4.78 is 5.46. The summed E-state index contributed by atoms with van der Waals surface area (Å²) in [5.74, 6) is 1.76. The number of hydrogen-bond acceptors (Lipinski definition) is 6. The van der Waals surface area contributed by atoms with Gasteiger partial charge in [-0.3, -0.25) is 4.79 Å². The van der Waals surface area contributed by atoms with Crippen molar-refractivity contribution in [1.82, 2.24) is 9.97 Å². The van der Waals surface area contributed by atoms with Crippen LogP contribution in [0.25, 0.3) is 0 Å². The van der Waals surface area contributed by atoms with Crippen molar-refractivity contribution in [2.45, 2.75) is 36.6 Å². The third-order valence-electron chi connectivity index (χ3n) is 5.48. The zero-order valence-electron chi connectivity index (χ0n) is 18.5. The third-order valence-corrected chi connectivity index (χ3v) is 6.47. The average molecular weight is 449 g/mol. The second kappa shape index (κ2) is 10.5. The number of amides is 1. The smallest absolute Gasteiger partial charge is 0.227 e. The highest BCUT2D eigenvalue weighted by Gasteiger charge is 2.27. The molecule has 1 aromatic heterocycles. The Hall–Kier alpha value is -3.06. The molecule has 7 heteroatoms. The van der Waals surface area contributed by atoms with E-state index < -0.39 is 0 Å². The average Bonchev–Trinajstić information content (AvgIpc) is 2.82. The maximum atomic E-state index is 12.8. The Morgan fingerprint density at radius 3 is 2.44 bits per heavy atom. The second-order valence-electron chi connectivity index (χ2n) is 7.81. The number of ether oxygens (including phenoxy) is 1.